The molecule has 5 nitrogen and oxygen atoms in total. The van der Waals surface area contributed by atoms with Gasteiger partial charge < -0.3 is 24.8 Å². The monoisotopic (exact) mass is 208 g/mol. The Kier molecular flexibility index (Phi) is 8.02. The first-order valence-corrected chi connectivity index (χ1v) is 4.64. The summed E-state index contributed by atoms with van der Waals surface area (Å²) in [7, 11) is 1.59. The van der Waals surface area contributed by atoms with E-state index in [1.165, 1.54) is 0 Å². The molecule has 0 rings (SSSR count). The Hall–Kier alpha value is -0.200. The molecule has 14 heavy (non-hydrogen) atoms. The van der Waals surface area contributed by atoms with Gasteiger partial charge in [-0.05, 0) is 6.42 Å². The van der Waals surface area contributed by atoms with Crippen LogP contribution in [0.15, 0.2) is 0 Å². The molecule has 5 heteroatoms. The molecule has 0 aromatic rings. The number of methoxy groups -OCH3 is 1. The van der Waals surface area contributed by atoms with Crippen molar-refractivity contribution < 1.29 is 24.8 Å². The summed E-state index contributed by atoms with van der Waals surface area (Å²) in [6.07, 6.45) is 0.431. The van der Waals surface area contributed by atoms with Crippen LogP contribution in [0.2, 0.25) is 0 Å². The quantitative estimate of drug-likeness (QED) is 0.424. The second-order valence-corrected chi connectivity index (χ2v) is 3.33. The molecule has 0 unspecified atom stereocenters. The van der Waals surface area contributed by atoms with Gasteiger partial charge in [-0.15, -0.1) is 0 Å². The highest BCUT2D eigenvalue weighted by molar-refractivity contribution is 4.76. The predicted octanol–water partition coefficient (Wildman–Crippen LogP) is -0.997. The van der Waals surface area contributed by atoms with Crippen molar-refractivity contribution in [2.24, 2.45) is 5.41 Å². The van der Waals surface area contributed by atoms with Crippen molar-refractivity contribution >= 4 is 0 Å². The molecule has 86 valence electrons. The summed E-state index contributed by atoms with van der Waals surface area (Å²) in [4.78, 5) is 0. The van der Waals surface area contributed by atoms with Gasteiger partial charge >= 0.3 is 0 Å². The van der Waals surface area contributed by atoms with E-state index in [1.54, 1.807) is 7.11 Å². The van der Waals surface area contributed by atoms with Crippen molar-refractivity contribution in [2.75, 3.05) is 46.8 Å². The van der Waals surface area contributed by atoms with Crippen molar-refractivity contribution in [3.05, 3.63) is 0 Å². The summed E-state index contributed by atoms with van der Waals surface area (Å²) in [6, 6.07) is 0. The van der Waals surface area contributed by atoms with Crippen molar-refractivity contribution in [1.29, 1.82) is 0 Å². The Bertz CT molecular complexity index is 116. The van der Waals surface area contributed by atoms with Crippen LogP contribution < -0.4 is 0 Å². The second kappa shape index (κ2) is 8.14. The van der Waals surface area contributed by atoms with Gasteiger partial charge in [0.2, 0.25) is 0 Å². The number of aliphatic hydroxyl groups excluding tert-OH is 3. The van der Waals surface area contributed by atoms with Crippen molar-refractivity contribution in [3.63, 3.8) is 0 Å². The summed E-state index contributed by atoms with van der Waals surface area (Å²) in [5.41, 5.74) is -0.826. The summed E-state index contributed by atoms with van der Waals surface area (Å²) in [5.74, 6) is 0. The summed E-state index contributed by atoms with van der Waals surface area (Å²) < 4.78 is 9.96. The zero-order chi connectivity index (χ0) is 10.9. The minimum atomic E-state index is -0.826. The maximum atomic E-state index is 8.98. The molecule has 0 heterocycles. The highest BCUT2D eigenvalue weighted by Gasteiger charge is 2.27. The van der Waals surface area contributed by atoms with Crippen LogP contribution in [0.1, 0.15) is 6.42 Å². The van der Waals surface area contributed by atoms with E-state index in [0.717, 1.165) is 0 Å². The first-order chi connectivity index (χ1) is 6.74. The van der Waals surface area contributed by atoms with Crippen LogP contribution in [-0.2, 0) is 9.47 Å². The lowest BCUT2D eigenvalue weighted by atomic mass is 9.88. The molecular formula is C9H20O5. The lowest BCUT2D eigenvalue weighted by Gasteiger charge is -2.26. The first-order valence-electron chi connectivity index (χ1n) is 4.64. The normalized spacial score (nSPS) is 12.0. The van der Waals surface area contributed by atoms with Gasteiger partial charge in [-0.3, -0.25) is 0 Å². The second-order valence-electron chi connectivity index (χ2n) is 3.33. The van der Waals surface area contributed by atoms with Crippen LogP contribution in [-0.4, -0.2) is 62.1 Å². The highest BCUT2D eigenvalue weighted by atomic mass is 16.5. The SMILES string of the molecule is COCCOCCC(CO)(CO)CO. The molecule has 3 N–H and O–H groups in total. The molecular weight excluding hydrogens is 188 g/mol. The Balaban J connectivity index is 3.61. The van der Waals surface area contributed by atoms with Crippen LogP contribution >= 0.6 is 0 Å². The molecule has 0 aliphatic heterocycles. The third-order valence-corrected chi connectivity index (χ3v) is 2.21. The van der Waals surface area contributed by atoms with E-state index in [4.69, 9.17) is 24.8 Å². The van der Waals surface area contributed by atoms with E-state index >= 15 is 0 Å². The maximum absolute atomic E-state index is 8.98. The average molecular weight is 208 g/mol. The maximum Gasteiger partial charge on any atom is 0.0700 e. The van der Waals surface area contributed by atoms with E-state index in [2.05, 4.69) is 0 Å². The number of hydrogen-bond donors (Lipinski definition) is 3. The number of rotatable bonds is 9. The van der Waals surface area contributed by atoms with E-state index < -0.39 is 5.41 Å². The van der Waals surface area contributed by atoms with Crippen LogP contribution in [0.5, 0.6) is 0 Å². The largest absolute Gasteiger partial charge is 0.396 e. The van der Waals surface area contributed by atoms with Crippen molar-refractivity contribution in [2.45, 2.75) is 6.42 Å². The van der Waals surface area contributed by atoms with Crippen LogP contribution in [0.4, 0.5) is 0 Å². The fraction of sp³-hybridized carbons (Fsp3) is 1.00. The number of ether oxygens (including phenoxy) is 2. The Labute approximate surface area is 84.3 Å². The zero-order valence-electron chi connectivity index (χ0n) is 8.61. The lowest BCUT2D eigenvalue weighted by Crippen LogP contribution is -2.35. The zero-order valence-corrected chi connectivity index (χ0v) is 8.61. The Morgan fingerprint density at radius 3 is 1.93 bits per heavy atom. The van der Waals surface area contributed by atoms with Gasteiger partial charge in [-0.25, -0.2) is 0 Å². The molecule has 0 atom stereocenters. The van der Waals surface area contributed by atoms with Gasteiger partial charge in [0.05, 0.1) is 33.0 Å². The third-order valence-electron chi connectivity index (χ3n) is 2.21. The molecule has 0 saturated carbocycles. The fourth-order valence-electron chi connectivity index (χ4n) is 0.920. The van der Waals surface area contributed by atoms with Crippen LogP contribution in [0.25, 0.3) is 0 Å². The van der Waals surface area contributed by atoms with Crippen molar-refractivity contribution in [3.8, 4) is 0 Å². The van der Waals surface area contributed by atoms with Gasteiger partial charge in [0, 0.05) is 19.1 Å². The molecule has 0 radical (unpaired) electrons. The van der Waals surface area contributed by atoms with Gasteiger partial charge in [0.25, 0.3) is 0 Å². The molecule has 0 spiro atoms. The molecule has 0 fully saturated rings. The molecule has 0 saturated heterocycles. The molecule has 0 amide bonds. The predicted molar refractivity (Wildman–Crippen MR) is 51.0 cm³/mol. The average Bonchev–Trinajstić information content (AvgIpc) is 2.24. The minimum Gasteiger partial charge on any atom is -0.396 e. The number of aliphatic hydroxyl groups is 3. The van der Waals surface area contributed by atoms with Gasteiger partial charge in [0.1, 0.15) is 0 Å². The van der Waals surface area contributed by atoms with Crippen molar-refractivity contribution in [1.82, 2.24) is 0 Å². The van der Waals surface area contributed by atoms with Gasteiger partial charge in [-0.1, -0.05) is 0 Å². The van der Waals surface area contributed by atoms with Crippen LogP contribution in [0.3, 0.4) is 0 Å². The summed E-state index contributed by atoms with van der Waals surface area (Å²) in [5, 5.41) is 26.9. The van der Waals surface area contributed by atoms with E-state index in [-0.39, 0.29) is 19.8 Å². The van der Waals surface area contributed by atoms with Gasteiger partial charge in [0.15, 0.2) is 0 Å². The molecule has 0 aromatic heterocycles. The first kappa shape index (κ1) is 13.8. The fourth-order valence-corrected chi connectivity index (χ4v) is 0.920. The molecule has 0 aliphatic rings. The Morgan fingerprint density at radius 2 is 1.50 bits per heavy atom. The standard InChI is InChI=1S/C9H20O5/c1-13-4-5-14-3-2-9(6-10,7-11)8-12/h10-12H,2-8H2,1H3. The summed E-state index contributed by atoms with van der Waals surface area (Å²) >= 11 is 0. The smallest absolute Gasteiger partial charge is 0.0700 e. The van der Waals surface area contributed by atoms with E-state index in [1.807, 2.05) is 0 Å². The number of hydrogen-bond acceptors (Lipinski definition) is 5. The third kappa shape index (κ3) is 4.88. The minimum absolute atomic E-state index is 0.242. The molecule has 0 aromatic carbocycles. The van der Waals surface area contributed by atoms with Crippen LogP contribution in [0, 0.1) is 5.41 Å². The highest BCUT2D eigenvalue weighted by Crippen LogP contribution is 2.19. The summed E-state index contributed by atoms with van der Waals surface area (Å²) in [6.45, 7) is 0.666. The molecule has 0 aliphatic carbocycles. The lowest BCUT2D eigenvalue weighted by molar-refractivity contribution is -0.0257. The molecule has 0 bridgehead atoms. The van der Waals surface area contributed by atoms with Gasteiger partial charge in [-0.2, -0.15) is 0 Å². The topological polar surface area (TPSA) is 79.2 Å². The van der Waals surface area contributed by atoms with E-state index in [9.17, 15) is 0 Å². The van der Waals surface area contributed by atoms with E-state index in [0.29, 0.717) is 26.2 Å². The Morgan fingerprint density at radius 1 is 0.929 bits per heavy atom.